The minimum absolute atomic E-state index is 0.204. The quantitative estimate of drug-likeness (QED) is 0.806. The number of benzene rings is 2. The van der Waals surface area contributed by atoms with E-state index in [2.05, 4.69) is 4.72 Å². The summed E-state index contributed by atoms with van der Waals surface area (Å²) in [7, 11) is -3.67. The van der Waals surface area contributed by atoms with Gasteiger partial charge in [0.25, 0.3) is 10.0 Å². The molecule has 0 radical (unpaired) electrons. The van der Waals surface area contributed by atoms with Crippen LogP contribution in [0.3, 0.4) is 0 Å². The zero-order chi connectivity index (χ0) is 18.7. The smallest absolute Gasteiger partial charge is 0.338 e. The summed E-state index contributed by atoms with van der Waals surface area (Å²) < 4.78 is 33.0. The maximum atomic E-state index is 12.6. The molecule has 1 N–H and O–H groups in total. The van der Waals surface area contributed by atoms with Gasteiger partial charge in [-0.1, -0.05) is 6.07 Å². The lowest BCUT2D eigenvalue weighted by molar-refractivity contribution is 0.0378. The first-order valence-corrected chi connectivity index (χ1v) is 10.3. The summed E-state index contributed by atoms with van der Waals surface area (Å²) in [6.07, 6.45) is 3.98. The average Bonchev–Trinajstić information content (AvgIpc) is 2.61. The van der Waals surface area contributed by atoms with E-state index in [1.165, 1.54) is 5.56 Å². The lowest BCUT2D eigenvalue weighted by atomic mass is 9.92. The molecule has 0 heterocycles. The number of rotatable bonds is 5. The zero-order valence-corrected chi connectivity index (χ0v) is 15.8. The third-order valence-corrected chi connectivity index (χ3v) is 5.72. The van der Waals surface area contributed by atoms with Crippen LogP contribution in [-0.4, -0.2) is 20.5 Å². The Kier molecular flexibility index (Phi) is 5.32. The van der Waals surface area contributed by atoms with E-state index in [1.807, 2.05) is 6.07 Å². The number of aryl methyl sites for hydroxylation is 2. The molecule has 0 aromatic heterocycles. The highest BCUT2D eigenvalue weighted by Crippen LogP contribution is 2.25. The number of sulfonamides is 1. The number of carbonyl (C=O) groups is 1. The first-order chi connectivity index (χ1) is 12.3. The Morgan fingerprint density at radius 3 is 2.31 bits per heavy atom. The molecule has 0 aliphatic heterocycles. The monoisotopic (exact) mass is 373 g/mol. The molecule has 2 aromatic rings. The average molecular weight is 373 g/mol. The minimum Gasteiger partial charge on any atom is -0.459 e. The topological polar surface area (TPSA) is 72.5 Å². The highest BCUT2D eigenvalue weighted by molar-refractivity contribution is 7.92. The molecule has 2 aromatic carbocycles. The maximum Gasteiger partial charge on any atom is 0.338 e. The fourth-order valence-corrected chi connectivity index (χ4v) is 4.16. The standard InChI is InChI=1S/C20H23NO4S/c1-14(2)25-20(22)16-7-10-18(11-8-16)21-26(23,24)19-12-9-15-5-3-4-6-17(15)13-19/h7-14,21H,3-6H2,1-2H3. The fraction of sp³-hybridized carbons (Fsp3) is 0.350. The van der Waals surface area contributed by atoms with Crippen molar-refractivity contribution in [2.75, 3.05) is 4.72 Å². The summed E-state index contributed by atoms with van der Waals surface area (Å²) in [5.74, 6) is -0.427. The van der Waals surface area contributed by atoms with E-state index in [0.717, 1.165) is 31.2 Å². The van der Waals surface area contributed by atoms with Crippen molar-refractivity contribution in [3.8, 4) is 0 Å². The molecule has 3 rings (SSSR count). The Bertz CT molecular complexity index is 902. The molecule has 0 unspecified atom stereocenters. The predicted molar refractivity (Wildman–Crippen MR) is 101 cm³/mol. The van der Waals surface area contributed by atoms with Gasteiger partial charge in [0.15, 0.2) is 0 Å². The zero-order valence-electron chi connectivity index (χ0n) is 15.0. The number of nitrogens with one attached hydrogen (secondary N) is 1. The summed E-state index contributed by atoms with van der Waals surface area (Å²) in [5, 5.41) is 0. The highest BCUT2D eigenvalue weighted by atomic mass is 32.2. The molecule has 26 heavy (non-hydrogen) atoms. The first kappa shape index (κ1) is 18.5. The van der Waals surface area contributed by atoms with Crippen LogP contribution >= 0.6 is 0 Å². The van der Waals surface area contributed by atoms with Gasteiger partial charge in [-0.05, 0) is 87.1 Å². The molecular formula is C20H23NO4S. The second kappa shape index (κ2) is 7.50. The van der Waals surface area contributed by atoms with E-state index >= 15 is 0 Å². The Hall–Kier alpha value is -2.34. The van der Waals surface area contributed by atoms with Gasteiger partial charge in [-0.15, -0.1) is 0 Å². The molecule has 1 aliphatic carbocycles. The summed E-state index contributed by atoms with van der Waals surface area (Å²) in [4.78, 5) is 12.1. The second-order valence-corrected chi connectivity index (χ2v) is 8.46. The number of hydrogen-bond donors (Lipinski definition) is 1. The third kappa shape index (κ3) is 4.25. The Labute approximate surface area is 154 Å². The summed E-state index contributed by atoms with van der Waals surface area (Å²) in [6.45, 7) is 3.55. The van der Waals surface area contributed by atoms with Crippen molar-refractivity contribution in [1.29, 1.82) is 0 Å². The van der Waals surface area contributed by atoms with Crippen LogP contribution < -0.4 is 4.72 Å². The Balaban J connectivity index is 1.76. The maximum absolute atomic E-state index is 12.6. The van der Waals surface area contributed by atoms with E-state index in [1.54, 1.807) is 50.2 Å². The second-order valence-electron chi connectivity index (χ2n) is 6.77. The molecule has 0 amide bonds. The van der Waals surface area contributed by atoms with Crippen LogP contribution in [0.15, 0.2) is 47.4 Å². The van der Waals surface area contributed by atoms with E-state index in [0.29, 0.717) is 11.3 Å². The first-order valence-electron chi connectivity index (χ1n) is 8.81. The van der Waals surface area contributed by atoms with Gasteiger partial charge >= 0.3 is 5.97 Å². The van der Waals surface area contributed by atoms with E-state index < -0.39 is 16.0 Å². The van der Waals surface area contributed by atoms with Gasteiger partial charge < -0.3 is 4.74 Å². The van der Waals surface area contributed by atoms with Crippen LogP contribution in [-0.2, 0) is 27.6 Å². The molecule has 0 spiro atoms. The molecular weight excluding hydrogens is 350 g/mol. The van der Waals surface area contributed by atoms with Crippen LogP contribution in [0, 0.1) is 0 Å². The van der Waals surface area contributed by atoms with Gasteiger partial charge in [0, 0.05) is 5.69 Å². The van der Waals surface area contributed by atoms with Crippen molar-refractivity contribution in [2.24, 2.45) is 0 Å². The van der Waals surface area contributed by atoms with Crippen molar-refractivity contribution in [1.82, 2.24) is 0 Å². The van der Waals surface area contributed by atoms with Crippen LogP contribution in [0.2, 0.25) is 0 Å². The molecule has 1 aliphatic rings. The Morgan fingerprint density at radius 1 is 1.00 bits per heavy atom. The van der Waals surface area contributed by atoms with Crippen molar-refractivity contribution in [2.45, 2.75) is 50.5 Å². The number of fused-ring (bicyclic) bond motifs is 1. The van der Waals surface area contributed by atoms with Crippen molar-refractivity contribution in [3.63, 3.8) is 0 Å². The van der Waals surface area contributed by atoms with E-state index in [4.69, 9.17) is 4.74 Å². The normalized spacial score (nSPS) is 14.0. The van der Waals surface area contributed by atoms with Crippen molar-refractivity contribution < 1.29 is 17.9 Å². The summed E-state index contributed by atoms with van der Waals surface area (Å²) in [6, 6.07) is 11.6. The van der Waals surface area contributed by atoms with Gasteiger partial charge in [-0.25, -0.2) is 13.2 Å². The van der Waals surface area contributed by atoms with Crippen LogP contribution in [0.5, 0.6) is 0 Å². The number of carbonyl (C=O) groups excluding carboxylic acids is 1. The van der Waals surface area contributed by atoms with Crippen LogP contribution in [0.4, 0.5) is 5.69 Å². The molecule has 0 atom stereocenters. The highest BCUT2D eigenvalue weighted by Gasteiger charge is 2.18. The minimum atomic E-state index is -3.67. The molecule has 0 bridgehead atoms. The van der Waals surface area contributed by atoms with E-state index in [9.17, 15) is 13.2 Å². The van der Waals surface area contributed by atoms with Crippen molar-refractivity contribution in [3.05, 3.63) is 59.2 Å². The molecule has 138 valence electrons. The molecule has 0 saturated heterocycles. The SMILES string of the molecule is CC(C)OC(=O)c1ccc(NS(=O)(=O)c2ccc3c(c2)CCCC3)cc1. The summed E-state index contributed by atoms with van der Waals surface area (Å²) >= 11 is 0. The predicted octanol–water partition coefficient (Wildman–Crippen LogP) is 3.93. The number of hydrogen-bond acceptors (Lipinski definition) is 4. The van der Waals surface area contributed by atoms with E-state index in [-0.39, 0.29) is 11.0 Å². The van der Waals surface area contributed by atoms with Crippen LogP contribution in [0.25, 0.3) is 0 Å². The molecule has 5 nitrogen and oxygen atoms in total. The summed E-state index contributed by atoms with van der Waals surface area (Å²) in [5.41, 5.74) is 3.15. The number of anilines is 1. The van der Waals surface area contributed by atoms with Gasteiger partial charge in [0.05, 0.1) is 16.6 Å². The fourth-order valence-electron chi connectivity index (χ4n) is 3.05. The molecule has 0 saturated carbocycles. The van der Waals surface area contributed by atoms with Crippen molar-refractivity contribution >= 4 is 21.7 Å². The van der Waals surface area contributed by atoms with Gasteiger partial charge in [-0.2, -0.15) is 0 Å². The largest absolute Gasteiger partial charge is 0.459 e. The van der Waals surface area contributed by atoms with Gasteiger partial charge in [0.1, 0.15) is 0 Å². The van der Waals surface area contributed by atoms with Gasteiger partial charge in [-0.3, -0.25) is 4.72 Å². The van der Waals surface area contributed by atoms with Gasteiger partial charge in [0.2, 0.25) is 0 Å². The molecule has 6 heteroatoms. The number of esters is 1. The lowest BCUT2D eigenvalue weighted by Gasteiger charge is -2.17. The van der Waals surface area contributed by atoms with Crippen LogP contribution in [0.1, 0.15) is 48.2 Å². The third-order valence-electron chi connectivity index (χ3n) is 4.35. The number of ether oxygens (including phenoxy) is 1. The molecule has 0 fully saturated rings. The Morgan fingerprint density at radius 2 is 1.65 bits per heavy atom. The lowest BCUT2D eigenvalue weighted by Crippen LogP contribution is -2.15.